The first kappa shape index (κ1) is 18.6. The molecular weight excluding hydrogens is 419 g/mol. The maximum Gasteiger partial charge on any atom is 0.214 e. The second-order valence-electron chi connectivity index (χ2n) is 5.61. The van der Waals surface area contributed by atoms with Crippen LogP contribution < -0.4 is 15.4 Å². The highest BCUT2D eigenvalue weighted by Gasteiger charge is 2.22. The van der Waals surface area contributed by atoms with E-state index in [1.807, 2.05) is 32.0 Å². The molecule has 2 heterocycles. The smallest absolute Gasteiger partial charge is 0.214 e. The monoisotopic (exact) mass is 442 g/mol. The van der Waals surface area contributed by atoms with Gasteiger partial charge >= 0.3 is 0 Å². The predicted octanol–water partition coefficient (Wildman–Crippen LogP) is 2.58. The minimum absolute atomic E-state index is 0. The molecule has 0 amide bonds. The first-order valence-corrected chi connectivity index (χ1v) is 7.77. The number of para-hydroxylation sites is 1. The summed E-state index contributed by atoms with van der Waals surface area (Å²) < 4.78 is 11.5. The minimum atomic E-state index is 0. The van der Waals surface area contributed by atoms with Crippen molar-refractivity contribution in [1.82, 2.24) is 15.6 Å². The number of halogens is 1. The number of benzene rings is 1. The van der Waals surface area contributed by atoms with Gasteiger partial charge in [-0.1, -0.05) is 18.2 Å². The molecule has 2 aromatic rings. The highest BCUT2D eigenvalue weighted by atomic mass is 127. The summed E-state index contributed by atoms with van der Waals surface area (Å²) in [6, 6.07) is 8.15. The molecule has 24 heavy (non-hydrogen) atoms. The molecule has 0 spiro atoms. The van der Waals surface area contributed by atoms with Gasteiger partial charge in [-0.05, 0) is 25.5 Å². The molecule has 1 atom stereocenters. The molecule has 1 unspecified atom stereocenters. The lowest BCUT2D eigenvalue weighted by Crippen LogP contribution is -2.42. The molecule has 1 aromatic carbocycles. The third-order valence-electron chi connectivity index (χ3n) is 3.91. The Morgan fingerprint density at radius 2 is 2.08 bits per heavy atom. The van der Waals surface area contributed by atoms with Crippen molar-refractivity contribution < 1.29 is 9.15 Å². The zero-order valence-electron chi connectivity index (χ0n) is 14.1. The Hall–Kier alpha value is -1.77. The van der Waals surface area contributed by atoms with Gasteiger partial charge < -0.3 is 19.8 Å². The highest BCUT2D eigenvalue weighted by molar-refractivity contribution is 14.0. The SMILES string of the molecule is CN=C(NCc1nc(C)c(C)o1)NCC1Cc2ccccc2O1.I. The summed E-state index contributed by atoms with van der Waals surface area (Å²) in [5, 5.41) is 6.48. The molecule has 0 aliphatic carbocycles. The standard InChI is InChI=1S/C17H22N4O2.HI/c1-11-12(2)22-16(21-11)10-20-17(18-3)19-9-14-8-13-6-4-5-7-15(13)23-14;/h4-7,14H,8-10H2,1-3H3,(H2,18,19,20);1H. The van der Waals surface area contributed by atoms with E-state index in [0.717, 1.165) is 23.6 Å². The summed E-state index contributed by atoms with van der Waals surface area (Å²) in [4.78, 5) is 8.56. The van der Waals surface area contributed by atoms with Crippen LogP contribution in [0.25, 0.3) is 0 Å². The number of nitrogens with one attached hydrogen (secondary N) is 2. The van der Waals surface area contributed by atoms with Crippen molar-refractivity contribution in [3.63, 3.8) is 0 Å². The molecule has 1 aliphatic heterocycles. The number of aromatic nitrogens is 1. The van der Waals surface area contributed by atoms with Gasteiger partial charge in [0.25, 0.3) is 0 Å². The van der Waals surface area contributed by atoms with Gasteiger partial charge in [-0.3, -0.25) is 4.99 Å². The van der Waals surface area contributed by atoms with Gasteiger partial charge in [0.1, 0.15) is 17.6 Å². The number of aryl methyl sites for hydroxylation is 2. The van der Waals surface area contributed by atoms with Crippen molar-refractivity contribution in [2.24, 2.45) is 4.99 Å². The molecule has 130 valence electrons. The number of guanidine groups is 1. The van der Waals surface area contributed by atoms with E-state index in [-0.39, 0.29) is 30.1 Å². The van der Waals surface area contributed by atoms with E-state index in [1.54, 1.807) is 7.05 Å². The Morgan fingerprint density at radius 3 is 2.75 bits per heavy atom. The lowest BCUT2D eigenvalue weighted by atomic mass is 10.1. The maximum atomic E-state index is 5.91. The number of hydrogen-bond acceptors (Lipinski definition) is 4. The zero-order chi connectivity index (χ0) is 16.2. The fourth-order valence-corrected chi connectivity index (χ4v) is 2.57. The molecule has 0 fully saturated rings. The van der Waals surface area contributed by atoms with Crippen LogP contribution in [0.15, 0.2) is 33.7 Å². The molecule has 1 aromatic heterocycles. The van der Waals surface area contributed by atoms with Gasteiger partial charge in [0.05, 0.1) is 18.8 Å². The van der Waals surface area contributed by atoms with Crippen LogP contribution in [0.3, 0.4) is 0 Å². The van der Waals surface area contributed by atoms with E-state index < -0.39 is 0 Å². The van der Waals surface area contributed by atoms with Gasteiger partial charge in [-0.15, -0.1) is 24.0 Å². The Balaban J connectivity index is 0.00000208. The Labute approximate surface area is 159 Å². The van der Waals surface area contributed by atoms with Crippen LogP contribution in [-0.4, -0.2) is 30.6 Å². The fraction of sp³-hybridized carbons (Fsp3) is 0.412. The fourth-order valence-electron chi connectivity index (χ4n) is 2.57. The predicted molar refractivity (Wildman–Crippen MR) is 104 cm³/mol. The quantitative estimate of drug-likeness (QED) is 0.433. The molecule has 0 bridgehead atoms. The van der Waals surface area contributed by atoms with Crippen molar-refractivity contribution in [2.75, 3.05) is 13.6 Å². The zero-order valence-corrected chi connectivity index (χ0v) is 16.5. The molecule has 0 saturated heterocycles. The van der Waals surface area contributed by atoms with Crippen molar-refractivity contribution in [2.45, 2.75) is 32.9 Å². The summed E-state index contributed by atoms with van der Waals surface area (Å²) in [7, 11) is 1.74. The van der Waals surface area contributed by atoms with Crippen LogP contribution in [0.2, 0.25) is 0 Å². The van der Waals surface area contributed by atoms with Crippen LogP contribution >= 0.6 is 24.0 Å². The number of nitrogens with zero attached hydrogens (tertiary/aromatic N) is 2. The van der Waals surface area contributed by atoms with Gasteiger partial charge in [0.15, 0.2) is 5.96 Å². The molecule has 6 nitrogen and oxygen atoms in total. The van der Waals surface area contributed by atoms with Crippen LogP contribution in [0, 0.1) is 13.8 Å². The van der Waals surface area contributed by atoms with E-state index in [4.69, 9.17) is 9.15 Å². The van der Waals surface area contributed by atoms with Gasteiger partial charge in [-0.25, -0.2) is 4.98 Å². The van der Waals surface area contributed by atoms with Gasteiger partial charge in [0, 0.05) is 13.5 Å². The number of hydrogen-bond donors (Lipinski definition) is 2. The second-order valence-corrected chi connectivity index (χ2v) is 5.61. The number of oxazole rings is 1. The Morgan fingerprint density at radius 1 is 1.29 bits per heavy atom. The highest BCUT2D eigenvalue weighted by Crippen LogP contribution is 2.27. The normalized spacial score (nSPS) is 16.1. The van der Waals surface area contributed by atoms with Crippen LogP contribution in [0.4, 0.5) is 0 Å². The summed E-state index contributed by atoms with van der Waals surface area (Å²) in [6.45, 7) is 5.04. The molecule has 7 heteroatoms. The van der Waals surface area contributed by atoms with E-state index >= 15 is 0 Å². The number of ether oxygens (including phenoxy) is 1. The third kappa shape index (κ3) is 4.40. The molecule has 2 N–H and O–H groups in total. The van der Waals surface area contributed by atoms with Crippen molar-refractivity contribution >= 4 is 29.9 Å². The van der Waals surface area contributed by atoms with Crippen LogP contribution in [0.1, 0.15) is 22.9 Å². The van der Waals surface area contributed by atoms with Crippen LogP contribution in [-0.2, 0) is 13.0 Å². The molecule has 0 saturated carbocycles. The van der Waals surface area contributed by atoms with E-state index in [0.29, 0.717) is 24.9 Å². The Kier molecular flexibility index (Phi) is 6.47. The first-order valence-electron chi connectivity index (χ1n) is 7.77. The van der Waals surface area contributed by atoms with Crippen molar-refractivity contribution in [3.05, 3.63) is 47.2 Å². The lowest BCUT2D eigenvalue weighted by Gasteiger charge is -2.14. The van der Waals surface area contributed by atoms with Crippen molar-refractivity contribution in [1.29, 1.82) is 0 Å². The summed E-state index contributed by atoms with van der Waals surface area (Å²) >= 11 is 0. The van der Waals surface area contributed by atoms with Crippen molar-refractivity contribution in [3.8, 4) is 5.75 Å². The largest absolute Gasteiger partial charge is 0.488 e. The number of aliphatic imine (C=N–C) groups is 1. The molecule has 0 radical (unpaired) electrons. The summed E-state index contributed by atoms with van der Waals surface area (Å²) in [5.41, 5.74) is 2.18. The average molecular weight is 442 g/mol. The van der Waals surface area contributed by atoms with Gasteiger partial charge in [0.2, 0.25) is 5.89 Å². The molecular formula is C17H23IN4O2. The molecule has 3 rings (SSSR count). The second kappa shape index (κ2) is 8.36. The summed E-state index contributed by atoms with van der Waals surface area (Å²) in [6.07, 6.45) is 1.04. The Bertz CT molecular complexity index is 670. The number of rotatable bonds is 4. The summed E-state index contributed by atoms with van der Waals surface area (Å²) in [5.74, 6) is 3.19. The minimum Gasteiger partial charge on any atom is -0.488 e. The van der Waals surface area contributed by atoms with Gasteiger partial charge in [-0.2, -0.15) is 0 Å². The van der Waals surface area contributed by atoms with E-state index in [2.05, 4.69) is 26.7 Å². The average Bonchev–Trinajstić information content (AvgIpc) is 3.10. The van der Waals surface area contributed by atoms with E-state index in [9.17, 15) is 0 Å². The van der Waals surface area contributed by atoms with Crippen LogP contribution in [0.5, 0.6) is 5.75 Å². The number of fused-ring (bicyclic) bond motifs is 1. The maximum absolute atomic E-state index is 5.91. The third-order valence-corrected chi connectivity index (χ3v) is 3.91. The first-order chi connectivity index (χ1) is 11.2. The molecule has 1 aliphatic rings. The lowest BCUT2D eigenvalue weighted by molar-refractivity contribution is 0.235. The van der Waals surface area contributed by atoms with E-state index in [1.165, 1.54) is 5.56 Å². The topological polar surface area (TPSA) is 71.7 Å².